The van der Waals surface area contributed by atoms with E-state index in [1.165, 1.54) is 12.1 Å². The first-order valence-corrected chi connectivity index (χ1v) is 4.89. The first-order valence-electron chi connectivity index (χ1n) is 4.89. The van der Waals surface area contributed by atoms with Gasteiger partial charge in [-0.25, -0.2) is 4.39 Å². The molecular formula is C11H14FNO3. The first kappa shape index (κ1) is 12.4. The molecule has 0 fully saturated rings. The number of aromatic hydroxyl groups is 1. The summed E-state index contributed by atoms with van der Waals surface area (Å²) in [5.74, 6) is -1.89. The van der Waals surface area contributed by atoms with Crippen molar-refractivity contribution in [1.82, 2.24) is 0 Å². The number of halogens is 1. The van der Waals surface area contributed by atoms with E-state index in [9.17, 15) is 14.3 Å². The number of aliphatic hydroxyl groups is 1. The summed E-state index contributed by atoms with van der Waals surface area (Å²) >= 11 is 0. The fourth-order valence-corrected chi connectivity index (χ4v) is 1.11. The average molecular weight is 227 g/mol. The lowest BCUT2D eigenvalue weighted by Crippen LogP contribution is -2.32. The second kappa shape index (κ2) is 4.94. The van der Waals surface area contributed by atoms with Crippen LogP contribution in [0.15, 0.2) is 18.2 Å². The molecule has 0 spiro atoms. The number of phenols is 1. The quantitative estimate of drug-likeness (QED) is 0.685. The molecule has 4 nitrogen and oxygen atoms in total. The van der Waals surface area contributed by atoms with E-state index in [0.717, 1.165) is 6.07 Å². The lowest BCUT2D eigenvalue weighted by molar-refractivity contribution is -0.125. The maximum Gasteiger partial charge on any atom is 0.253 e. The molecule has 0 aromatic heterocycles. The van der Waals surface area contributed by atoms with Crippen LogP contribution in [0.3, 0.4) is 0 Å². The number of nitrogens with one attached hydrogen (secondary N) is 1. The molecule has 1 atom stereocenters. The molecule has 88 valence electrons. The standard InChI is InChI=1S/C11H14FNO3/c1-6(2)10(15)11(16)13-9-4-3-7(14)5-8(9)12/h3-6,10,14-15H,1-2H3,(H,13,16)/t10-/m0/s1. The summed E-state index contributed by atoms with van der Waals surface area (Å²) in [5.41, 5.74) is -0.0671. The Kier molecular flexibility index (Phi) is 3.84. The van der Waals surface area contributed by atoms with Gasteiger partial charge < -0.3 is 15.5 Å². The Balaban J connectivity index is 2.77. The van der Waals surface area contributed by atoms with Crippen molar-refractivity contribution in [3.8, 4) is 5.75 Å². The van der Waals surface area contributed by atoms with E-state index in [4.69, 9.17) is 5.11 Å². The number of aliphatic hydroxyl groups excluding tert-OH is 1. The number of carbonyl (C=O) groups excluding carboxylic acids is 1. The SMILES string of the molecule is CC(C)[C@H](O)C(=O)Nc1ccc(O)cc1F. The van der Waals surface area contributed by atoms with Crippen LogP contribution in [-0.4, -0.2) is 22.2 Å². The number of phenolic OH excluding ortho intramolecular Hbond substituents is 1. The molecule has 0 aliphatic carbocycles. The van der Waals surface area contributed by atoms with Crippen molar-refractivity contribution in [3.05, 3.63) is 24.0 Å². The Morgan fingerprint density at radius 3 is 2.56 bits per heavy atom. The Morgan fingerprint density at radius 2 is 2.06 bits per heavy atom. The van der Waals surface area contributed by atoms with Crippen LogP contribution in [0.5, 0.6) is 5.75 Å². The zero-order valence-corrected chi connectivity index (χ0v) is 9.07. The van der Waals surface area contributed by atoms with Gasteiger partial charge in [-0.3, -0.25) is 4.79 Å². The van der Waals surface area contributed by atoms with E-state index >= 15 is 0 Å². The summed E-state index contributed by atoms with van der Waals surface area (Å²) in [6, 6.07) is 3.37. The van der Waals surface area contributed by atoms with E-state index in [-0.39, 0.29) is 17.4 Å². The second-order valence-electron chi connectivity index (χ2n) is 3.84. The van der Waals surface area contributed by atoms with Crippen molar-refractivity contribution in [2.45, 2.75) is 20.0 Å². The Labute approximate surface area is 92.7 Å². The molecular weight excluding hydrogens is 213 g/mol. The number of anilines is 1. The average Bonchev–Trinajstić information content (AvgIpc) is 2.20. The van der Waals surface area contributed by atoms with E-state index in [1.807, 2.05) is 0 Å². The maximum atomic E-state index is 13.2. The summed E-state index contributed by atoms with van der Waals surface area (Å²) < 4.78 is 13.2. The number of benzene rings is 1. The van der Waals surface area contributed by atoms with Crippen LogP contribution in [0.1, 0.15) is 13.8 Å². The van der Waals surface area contributed by atoms with Crippen LogP contribution in [0.2, 0.25) is 0 Å². The Morgan fingerprint density at radius 1 is 1.44 bits per heavy atom. The van der Waals surface area contributed by atoms with Crippen molar-refractivity contribution >= 4 is 11.6 Å². The third-order valence-corrected chi connectivity index (χ3v) is 2.11. The van der Waals surface area contributed by atoms with Gasteiger partial charge in [0.2, 0.25) is 0 Å². The molecule has 3 N–H and O–H groups in total. The van der Waals surface area contributed by atoms with Crippen LogP contribution >= 0.6 is 0 Å². The molecule has 1 aromatic rings. The molecule has 0 radical (unpaired) electrons. The number of hydrogen-bond acceptors (Lipinski definition) is 3. The summed E-state index contributed by atoms with van der Waals surface area (Å²) in [7, 11) is 0. The van der Waals surface area contributed by atoms with E-state index < -0.39 is 17.8 Å². The van der Waals surface area contributed by atoms with E-state index in [0.29, 0.717) is 0 Å². The number of carbonyl (C=O) groups is 1. The minimum atomic E-state index is -1.19. The van der Waals surface area contributed by atoms with Crippen molar-refractivity contribution in [1.29, 1.82) is 0 Å². The smallest absolute Gasteiger partial charge is 0.253 e. The minimum absolute atomic E-state index is 0.0671. The molecule has 0 aliphatic rings. The van der Waals surface area contributed by atoms with Gasteiger partial charge in [0.15, 0.2) is 0 Å². The van der Waals surface area contributed by atoms with E-state index in [1.54, 1.807) is 13.8 Å². The van der Waals surface area contributed by atoms with Gasteiger partial charge in [0.05, 0.1) is 5.69 Å². The van der Waals surface area contributed by atoms with E-state index in [2.05, 4.69) is 5.32 Å². The van der Waals surface area contributed by atoms with Gasteiger partial charge >= 0.3 is 0 Å². The number of amides is 1. The maximum absolute atomic E-state index is 13.2. The van der Waals surface area contributed by atoms with Crippen LogP contribution in [0.25, 0.3) is 0 Å². The molecule has 1 aromatic carbocycles. The Hall–Kier alpha value is -1.62. The van der Waals surface area contributed by atoms with Gasteiger partial charge in [-0.2, -0.15) is 0 Å². The number of rotatable bonds is 3. The molecule has 16 heavy (non-hydrogen) atoms. The fourth-order valence-electron chi connectivity index (χ4n) is 1.11. The van der Waals surface area contributed by atoms with Crippen LogP contribution in [-0.2, 0) is 4.79 Å². The zero-order valence-electron chi connectivity index (χ0n) is 9.07. The van der Waals surface area contributed by atoms with Crippen molar-refractivity contribution < 1.29 is 19.4 Å². The predicted octanol–water partition coefficient (Wildman–Crippen LogP) is 1.49. The van der Waals surface area contributed by atoms with Crippen molar-refractivity contribution in [2.75, 3.05) is 5.32 Å². The van der Waals surface area contributed by atoms with Gasteiger partial charge in [-0.05, 0) is 18.1 Å². The van der Waals surface area contributed by atoms with Gasteiger partial charge in [0, 0.05) is 6.07 Å². The lowest BCUT2D eigenvalue weighted by atomic mass is 10.1. The van der Waals surface area contributed by atoms with Crippen LogP contribution in [0.4, 0.5) is 10.1 Å². The number of hydrogen-bond donors (Lipinski definition) is 3. The third kappa shape index (κ3) is 2.93. The Bertz CT molecular complexity index is 393. The molecule has 1 rings (SSSR count). The largest absolute Gasteiger partial charge is 0.508 e. The third-order valence-electron chi connectivity index (χ3n) is 2.11. The summed E-state index contributed by atoms with van der Waals surface area (Å²) in [4.78, 5) is 11.4. The molecule has 0 aliphatic heterocycles. The minimum Gasteiger partial charge on any atom is -0.508 e. The topological polar surface area (TPSA) is 69.6 Å². The molecule has 0 saturated heterocycles. The zero-order chi connectivity index (χ0) is 12.3. The molecule has 0 saturated carbocycles. The summed E-state index contributed by atoms with van der Waals surface area (Å²) in [6.07, 6.45) is -1.19. The molecule has 0 bridgehead atoms. The molecule has 0 unspecified atom stereocenters. The van der Waals surface area contributed by atoms with Crippen LogP contribution < -0.4 is 5.32 Å². The highest BCUT2D eigenvalue weighted by Crippen LogP contribution is 2.19. The highest BCUT2D eigenvalue weighted by atomic mass is 19.1. The lowest BCUT2D eigenvalue weighted by Gasteiger charge is -2.14. The van der Waals surface area contributed by atoms with Gasteiger partial charge in [-0.15, -0.1) is 0 Å². The van der Waals surface area contributed by atoms with Crippen molar-refractivity contribution in [3.63, 3.8) is 0 Å². The van der Waals surface area contributed by atoms with Crippen molar-refractivity contribution in [2.24, 2.45) is 5.92 Å². The fraction of sp³-hybridized carbons (Fsp3) is 0.364. The molecule has 1 amide bonds. The predicted molar refractivity (Wildman–Crippen MR) is 57.5 cm³/mol. The molecule has 0 heterocycles. The molecule has 5 heteroatoms. The van der Waals surface area contributed by atoms with Gasteiger partial charge in [0.1, 0.15) is 17.7 Å². The highest BCUT2D eigenvalue weighted by molar-refractivity contribution is 5.94. The first-order chi connectivity index (χ1) is 7.41. The van der Waals surface area contributed by atoms with Gasteiger partial charge in [0.25, 0.3) is 5.91 Å². The second-order valence-corrected chi connectivity index (χ2v) is 3.84. The normalized spacial score (nSPS) is 12.6. The summed E-state index contributed by atoms with van der Waals surface area (Å²) in [5, 5.41) is 20.6. The van der Waals surface area contributed by atoms with Gasteiger partial charge in [-0.1, -0.05) is 13.8 Å². The highest BCUT2D eigenvalue weighted by Gasteiger charge is 2.19. The monoisotopic (exact) mass is 227 g/mol. The summed E-state index contributed by atoms with van der Waals surface area (Å²) in [6.45, 7) is 3.36. The van der Waals surface area contributed by atoms with Crippen LogP contribution in [0, 0.1) is 11.7 Å².